The predicted octanol–water partition coefficient (Wildman–Crippen LogP) is 8.33. The topological polar surface area (TPSA) is 119 Å². The number of methoxy groups -OCH3 is 1. The van der Waals surface area contributed by atoms with E-state index in [-0.39, 0.29) is 41.9 Å². The number of aromatic nitrogens is 3. The summed E-state index contributed by atoms with van der Waals surface area (Å²) in [7, 11) is -0.810. The van der Waals surface area contributed by atoms with Gasteiger partial charge in [0.25, 0.3) is 11.8 Å². The van der Waals surface area contributed by atoms with Gasteiger partial charge in [-0.1, -0.05) is 103 Å². The fourth-order valence-electron chi connectivity index (χ4n) is 9.98. The molecule has 9 rings (SSSR count). The Bertz CT molecular complexity index is 2610. The van der Waals surface area contributed by atoms with Crippen LogP contribution in [-0.2, 0) is 21.7 Å². The number of rotatable bonds is 12. The summed E-state index contributed by atoms with van der Waals surface area (Å²) < 4.78 is 21.1. The van der Waals surface area contributed by atoms with Crippen molar-refractivity contribution in [1.82, 2.24) is 15.0 Å². The third kappa shape index (κ3) is 6.66. The Hall–Kier alpha value is -6.34. The zero-order chi connectivity index (χ0) is 42.5. The molecule has 2 amide bonds. The molecule has 11 nitrogen and oxygen atoms in total. The minimum Gasteiger partial charge on any atom is -0.497 e. The lowest BCUT2D eigenvalue weighted by Crippen LogP contribution is -2.52. The summed E-state index contributed by atoms with van der Waals surface area (Å²) in [5, 5.41) is 20.6. The molecule has 0 aliphatic carbocycles. The van der Waals surface area contributed by atoms with E-state index in [9.17, 15) is 9.90 Å². The third-order valence-electron chi connectivity index (χ3n) is 13.0. The second kappa shape index (κ2) is 15.9. The SMILES string of the molecule is C=CCN1C(=O)[C@@]2(O[C@@H](CCn3cc(C(CO)c4ccccc4)nn3)[C@H]([Si](C)(C)c3ccc(OC)cc3)[C@H]2C)c2cc(N3C(=O)c4ccccc4Oc4ccccc43)ccc21. The molecule has 1 spiro atoms. The average Bonchev–Trinajstić information content (AvgIpc) is 3.91. The van der Waals surface area contributed by atoms with E-state index in [1.807, 2.05) is 108 Å². The molecular weight excluding hydrogens is 783 g/mol. The van der Waals surface area contributed by atoms with Crippen LogP contribution < -0.4 is 24.5 Å². The zero-order valence-corrected chi connectivity index (χ0v) is 35.8. The van der Waals surface area contributed by atoms with E-state index < -0.39 is 13.7 Å². The van der Waals surface area contributed by atoms with Crippen LogP contribution in [0.1, 0.15) is 46.4 Å². The summed E-state index contributed by atoms with van der Waals surface area (Å²) in [5.41, 5.74) is 3.31. The molecule has 1 fully saturated rings. The van der Waals surface area contributed by atoms with Gasteiger partial charge in [0.15, 0.2) is 11.4 Å². The molecule has 4 heterocycles. The van der Waals surface area contributed by atoms with Crippen LogP contribution in [0, 0.1) is 5.92 Å². The Balaban J connectivity index is 1.14. The Morgan fingerprint density at radius 3 is 2.38 bits per heavy atom. The van der Waals surface area contributed by atoms with Gasteiger partial charge in [-0.3, -0.25) is 19.2 Å². The molecule has 3 aliphatic rings. The molecular formula is C49H49N5O6Si. The molecule has 0 bridgehead atoms. The lowest BCUT2D eigenvalue weighted by Gasteiger charge is -2.37. The number of carbonyl (C=O) groups is 2. The number of benzene rings is 5. The monoisotopic (exact) mass is 831 g/mol. The van der Waals surface area contributed by atoms with Gasteiger partial charge < -0.3 is 24.2 Å². The fraction of sp³-hybridized carbons (Fsp3) is 0.265. The molecule has 1 aromatic heterocycles. The first-order valence-electron chi connectivity index (χ1n) is 20.8. The van der Waals surface area contributed by atoms with Crippen molar-refractivity contribution in [2.24, 2.45) is 5.92 Å². The molecule has 6 aromatic rings. The van der Waals surface area contributed by atoms with Crippen LogP contribution in [0.2, 0.25) is 18.6 Å². The van der Waals surface area contributed by atoms with Gasteiger partial charge in [0.2, 0.25) is 0 Å². The number of nitrogens with zero attached hydrogens (tertiary/aromatic N) is 5. The number of aliphatic hydroxyl groups is 1. The van der Waals surface area contributed by atoms with Crippen LogP contribution in [0.25, 0.3) is 0 Å². The first-order valence-corrected chi connectivity index (χ1v) is 23.8. The quantitative estimate of drug-likeness (QED) is 0.0967. The Morgan fingerprint density at radius 2 is 1.64 bits per heavy atom. The van der Waals surface area contributed by atoms with E-state index >= 15 is 4.79 Å². The number of carbonyl (C=O) groups excluding carboxylic acids is 2. The standard InChI is InChI=1S/C49H49N5O6Si/c1-6-27-53-41-25-20-34(54-42-17-11-13-19-44(42)59-43-18-12-10-16-37(43)47(54)56)29-39(41)49(48(53)57)32(2)46(61(4,5)36-23-21-35(58-3)22-24-36)45(60-49)26-28-52-30-40(50-51-52)38(31-55)33-14-8-7-9-15-33/h6-25,29-30,32,38,45-46,55H,1,26-28,31H2,2-5H3/t32-,38?,45+,46-,49+/m1/s1. The van der Waals surface area contributed by atoms with Gasteiger partial charge in [0.1, 0.15) is 11.5 Å². The Kier molecular flexibility index (Phi) is 10.5. The van der Waals surface area contributed by atoms with E-state index in [0.717, 1.165) is 22.6 Å². The molecule has 5 aromatic carbocycles. The number of ether oxygens (including phenoxy) is 3. The molecule has 1 unspecified atom stereocenters. The van der Waals surface area contributed by atoms with Crippen LogP contribution in [-0.4, -0.2) is 66.4 Å². The summed E-state index contributed by atoms with van der Waals surface area (Å²) in [6.45, 7) is 11.5. The minimum atomic E-state index is -2.48. The van der Waals surface area contributed by atoms with Crippen LogP contribution in [0.3, 0.4) is 0 Å². The highest BCUT2D eigenvalue weighted by molar-refractivity contribution is 6.91. The number of hydrogen-bond donors (Lipinski definition) is 1. The van der Waals surface area contributed by atoms with Gasteiger partial charge in [-0.25, -0.2) is 0 Å². The summed E-state index contributed by atoms with van der Waals surface area (Å²) >= 11 is 0. The molecule has 12 heteroatoms. The number of fused-ring (bicyclic) bond motifs is 4. The van der Waals surface area contributed by atoms with Crippen LogP contribution in [0.5, 0.6) is 17.2 Å². The number of hydrogen-bond acceptors (Lipinski definition) is 8. The largest absolute Gasteiger partial charge is 0.497 e. The lowest BCUT2D eigenvalue weighted by molar-refractivity contribution is -0.145. The Labute approximate surface area is 356 Å². The summed E-state index contributed by atoms with van der Waals surface area (Å²) in [4.78, 5) is 33.4. The van der Waals surface area contributed by atoms with Crippen molar-refractivity contribution < 1.29 is 28.9 Å². The first kappa shape index (κ1) is 40.1. The van der Waals surface area contributed by atoms with E-state index in [0.29, 0.717) is 53.6 Å². The maximum Gasteiger partial charge on any atom is 0.266 e. The molecule has 1 saturated heterocycles. The second-order valence-corrected chi connectivity index (χ2v) is 21.3. The average molecular weight is 832 g/mol. The van der Waals surface area contributed by atoms with Crippen LogP contribution in [0.15, 0.2) is 140 Å². The third-order valence-corrected chi connectivity index (χ3v) is 17.3. The summed E-state index contributed by atoms with van der Waals surface area (Å²) in [5.74, 6) is 0.821. The van der Waals surface area contributed by atoms with Crippen LogP contribution >= 0.6 is 0 Å². The molecule has 0 radical (unpaired) electrons. The van der Waals surface area contributed by atoms with Crippen molar-refractivity contribution in [3.8, 4) is 17.2 Å². The lowest BCUT2D eigenvalue weighted by atomic mass is 9.82. The number of anilines is 3. The van der Waals surface area contributed by atoms with Gasteiger partial charge in [0, 0.05) is 36.5 Å². The minimum absolute atomic E-state index is 0.0386. The molecule has 1 N–H and O–H groups in total. The highest BCUT2D eigenvalue weighted by atomic mass is 28.3. The molecule has 61 heavy (non-hydrogen) atoms. The highest BCUT2D eigenvalue weighted by Crippen LogP contribution is 2.61. The van der Waals surface area contributed by atoms with Gasteiger partial charge in [0.05, 0.1) is 56.4 Å². The smallest absolute Gasteiger partial charge is 0.266 e. The van der Waals surface area contributed by atoms with Crippen molar-refractivity contribution in [2.45, 2.75) is 56.1 Å². The maximum absolute atomic E-state index is 15.3. The zero-order valence-electron chi connectivity index (χ0n) is 34.8. The molecule has 310 valence electrons. The van der Waals surface area contributed by atoms with Crippen molar-refractivity contribution in [3.05, 3.63) is 163 Å². The maximum atomic E-state index is 15.3. The van der Waals surface area contributed by atoms with Crippen molar-refractivity contribution >= 4 is 42.1 Å². The highest BCUT2D eigenvalue weighted by Gasteiger charge is 2.66. The molecule has 0 saturated carbocycles. The number of aliphatic hydroxyl groups excluding tert-OH is 1. The Morgan fingerprint density at radius 1 is 0.918 bits per heavy atom. The summed E-state index contributed by atoms with van der Waals surface area (Å²) in [6, 6.07) is 38.7. The van der Waals surface area contributed by atoms with Crippen LogP contribution in [0.4, 0.5) is 17.1 Å². The van der Waals surface area contributed by atoms with Crippen molar-refractivity contribution in [3.63, 3.8) is 0 Å². The first-order chi connectivity index (χ1) is 29.6. The van der Waals surface area contributed by atoms with Crippen molar-refractivity contribution in [1.29, 1.82) is 0 Å². The second-order valence-electron chi connectivity index (χ2n) is 16.6. The fourth-order valence-corrected chi connectivity index (χ4v) is 14.0. The molecule has 5 atom stereocenters. The van der Waals surface area contributed by atoms with E-state index in [1.165, 1.54) is 5.19 Å². The predicted molar refractivity (Wildman–Crippen MR) is 238 cm³/mol. The van der Waals surface area contributed by atoms with Gasteiger partial charge >= 0.3 is 0 Å². The number of aryl methyl sites for hydroxylation is 1. The van der Waals surface area contributed by atoms with Crippen molar-refractivity contribution in [2.75, 3.05) is 30.1 Å². The molecule has 3 aliphatic heterocycles. The van der Waals surface area contributed by atoms with E-state index in [2.05, 4.69) is 49.0 Å². The number of para-hydroxylation sites is 3. The number of amides is 2. The van der Waals surface area contributed by atoms with E-state index in [1.54, 1.807) is 35.1 Å². The summed E-state index contributed by atoms with van der Waals surface area (Å²) in [6.07, 6.45) is 3.82. The van der Waals surface area contributed by atoms with Gasteiger partial charge in [-0.15, -0.1) is 11.7 Å². The van der Waals surface area contributed by atoms with Gasteiger partial charge in [-0.2, -0.15) is 0 Å². The van der Waals surface area contributed by atoms with Gasteiger partial charge in [-0.05, 0) is 72.1 Å². The normalized spacial score (nSPS) is 21.1. The van der Waals surface area contributed by atoms with E-state index in [4.69, 9.17) is 14.2 Å².